The van der Waals surface area contributed by atoms with Crippen molar-refractivity contribution in [3.63, 3.8) is 0 Å². The van der Waals surface area contributed by atoms with Crippen LogP contribution >= 0.6 is 0 Å². The van der Waals surface area contributed by atoms with Crippen molar-refractivity contribution in [1.29, 1.82) is 5.26 Å². The molecule has 0 spiro atoms. The molecule has 1 rings (SSSR count). The average molecular weight is 150 g/mol. The van der Waals surface area contributed by atoms with Gasteiger partial charge in [0.2, 0.25) is 6.19 Å². The van der Waals surface area contributed by atoms with Crippen molar-refractivity contribution in [3.05, 3.63) is 35.9 Å². The smallest absolute Gasteiger partial charge is 0.170 e. The zero-order chi connectivity index (χ0) is 8.10. The van der Waals surface area contributed by atoms with Gasteiger partial charge in [-0.05, 0) is 5.56 Å². The number of hydrogen-bond acceptors (Lipinski definition) is 2. The van der Waals surface area contributed by atoms with Gasteiger partial charge >= 0.3 is 0 Å². The molecule has 1 aromatic rings. The van der Waals surface area contributed by atoms with E-state index in [0.29, 0.717) is 0 Å². The number of nitriles is 1. The molecule has 0 saturated carbocycles. The molecule has 0 amide bonds. The van der Waals surface area contributed by atoms with Gasteiger partial charge in [0.15, 0.2) is 0 Å². The molecule has 56 valence electrons. The van der Waals surface area contributed by atoms with Gasteiger partial charge in [-0.25, -0.2) is 0 Å². The molecule has 0 aromatic heterocycles. The molecule has 0 saturated heterocycles. The van der Waals surface area contributed by atoms with Gasteiger partial charge in [-0.15, -0.1) is 5.12 Å². The van der Waals surface area contributed by atoms with Crippen molar-refractivity contribution in [3.8, 4) is 6.19 Å². The van der Waals surface area contributed by atoms with Crippen LogP contribution in [0.5, 0.6) is 0 Å². The summed E-state index contributed by atoms with van der Waals surface area (Å²) in [5, 5.41) is 8.19. The minimum absolute atomic E-state index is 0.0251. The molecule has 0 N–H and O–H groups in total. The zero-order valence-electron chi connectivity index (χ0n) is 5.87. The number of halogens is 1. The van der Waals surface area contributed by atoms with E-state index in [4.69, 9.17) is 5.26 Å². The van der Waals surface area contributed by atoms with E-state index in [-0.39, 0.29) is 11.7 Å². The Kier molecular flexibility index (Phi) is 2.45. The highest BCUT2D eigenvalue weighted by Gasteiger charge is 1.98. The second-order valence-corrected chi connectivity index (χ2v) is 2.11. The predicted octanol–water partition coefficient (Wildman–Crippen LogP) is 1.85. The van der Waals surface area contributed by atoms with Crippen LogP contribution < -0.4 is 0 Å². The van der Waals surface area contributed by atoms with Gasteiger partial charge in [0.1, 0.15) is 0 Å². The fraction of sp³-hybridized carbons (Fsp3) is 0.125. The van der Waals surface area contributed by atoms with Crippen molar-refractivity contribution < 1.29 is 4.48 Å². The molecule has 0 radical (unpaired) electrons. The number of rotatable bonds is 2. The second kappa shape index (κ2) is 3.57. The lowest BCUT2D eigenvalue weighted by molar-refractivity contribution is 0.0923. The van der Waals surface area contributed by atoms with Crippen molar-refractivity contribution in [2.75, 3.05) is 0 Å². The molecule has 0 aliphatic carbocycles. The third-order valence-electron chi connectivity index (χ3n) is 1.27. The lowest BCUT2D eigenvalue weighted by Gasteiger charge is -2.01. The van der Waals surface area contributed by atoms with Crippen molar-refractivity contribution >= 4 is 0 Å². The molecule has 0 fully saturated rings. The van der Waals surface area contributed by atoms with E-state index in [1.165, 1.54) is 6.19 Å². The molecule has 0 bridgehead atoms. The molecule has 3 heteroatoms. The fourth-order valence-electron chi connectivity index (χ4n) is 0.779. The molecular weight excluding hydrogens is 143 g/mol. The second-order valence-electron chi connectivity index (χ2n) is 2.11. The van der Waals surface area contributed by atoms with Gasteiger partial charge in [0.05, 0.1) is 6.54 Å². The van der Waals surface area contributed by atoms with Crippen LogP contribution in [-0.4, -0.2) is 5.12 Å². The number of hydrogen-bond donors (Lipinski definition) is 0. The van der Waals surface area contributed by atoms with Crippen LogP contribution in [0.15, 0.2) is 30.3 Å². The first kappa shape index (κ1) is 7.55. The summed E-state index contributed by atoms with van der Waals surface area (Å²) in [6, 6.07) is 8.99. The van der Waals surface area contributed by atoms with E-state index in [9.17, 15) is 4.48 Å². The SMILES string of the molecule is N#CN(F)Cc1ccccc1. The quantitative estimate of drug-likeness (QED) is 0.365. The van der Waals surface area contributed by atoms with E-state index in [1.54, 1.807) is 24.3 Å². The Morgan fingerprint density at radius 3 is 2.55 bits per heavy atom. The summed E-state index contributed by atoms with van der Waals surface area (Å²) in [5.41, 5.74) is 0.788. The van der Waals surface area contributed by atoms with Gasteiger partial charge in [0, 0.05) is 0 Å². The highest BCUT2D eigenvalue weighted by atomic mass is 19.2. The first-order chi connectivity index (χ1) is 5.33. The fourth-order valence-corrected chi connectivity index (χ4v) is 0.779. The number of benzene rings is 1. The van der Waals surface area contributed by atoms with Gasteiger partial charge in [-0.2, -0.15) is 5.26 Å². The largest absolute Gasteiger partial charge is 0.210 e. The van der Waals surface area contributed by atoms with Crippen LogP contribution in [0, 0.1) is 11.5 Å². The van der Waals surface area contributed by atoms with Gasteiger partial charge in [-0.1, -0.05) is 34.8 Å². The molecule has 0 unspecified atom stereocenters. The minimum atomic E-state index is 0.0251. The predicted molar refractivity (Wildman–Crippen MR) is 38.7 cm³/mol. The first-order valence-corrected chi connectivity index (χ1v) is 3.20. The first-order valence-electron chi connectivity index (χ1n) is 3.20. The van der Waals surface area contributed by atoms with Crippen LogP contribution in [-0.2, 0) is 6.54 Å². The van der Waals surface area contributed by atoms with Crippen LogP contribution in [0.3, 0.4) is 0 Å². The Labute approximate surface area is 64.4 Å². The van der Waals surface area contributed by atoms with Crippen molar-refractivity contribution in [2.45, 2.75) is 6.54 Å². The standard InChI is InChI=1S/C8H7FN2/c9-11(7-10)6-8-4-2-1-3-5-8/h1-5H,6H2. The summed E-state index contributed by atoms with van der Waals surface area (Å²) in [4.78, 5) is 0. The highest BCUT2D eigenvalue weighted by Crippen LogP contribution is 2.02. The Hall–Kier alpha value is -1.56. The number of nitrogens with zero attached hydrogens (tertiary/aromatic N) is 2. The summed E-state index contributed by atoms with van der Waals surface area (Å²) < 4.78 is 12.3. The van der Waals surface area contributed by atoms with Crippen LogP contribution in [0.2, 0.25) is 0 Å². The molecule has 1 aromatic carbocycles. The van der Waals surface area contributed by atoms with E-state index in [0.717, 1.165) is 5.56 Å². The average Bonchev–Trinajstić information content (AvgIpc) is 2.06. The van der Waals surface area contributed by atoms with Crippen molar-refractivity contribution in [1.82, 2.24) is 5.12 Å². The molecule has 0 aliphatic heterocycles. The normalized spacial score (nSPS) is 8.73. The topological polar surface area (TPSA) is 27.0 Å². The lowest BCUT2D eigenvalue weighted by atomic mass is 10.2. The summed E-state index contributed by atoms with van der Waals surface area (Å²) in [5.74, 6) is 0. The van der Waals surface area contributed by atoms with E-state index in [2.05, 4.69) is 0 Å². The summed E-state index contributed by atoms with van der Waals surface area (Å²) in [6.07, 6.45) is 1.38. The molecule has 11 heavy (non-hydrogen) atoms. The van der Waals surface area contributed by atoms with E-state index >= 15 is 0 Å². The summed E-state index contributed by atoms with van der Waals surface area (Å²) >= 11 is 0. The molecular formula is C8H7FN2. The zero-order valence-corrected chi connectivity index (χ0v) is 5.87. The Balaban J connectivity index is 2.60. The third kappa shape index (κ3) is 2.26. The minimum Gasteiger partial charge on any atom is -0.170 e. The van der Waals surface area contributed by atoms with Gasteiger partial charge < -0.3 is 0 Å². The Bertz CT molecular complexity index is 253. The van der Waals surface area contributed by atoms with Gasteiger partial charge in [0.25, 0.3) is 0 Å². The molecule has 0 aliphatic rings. The Morgan fingerprint density at radius 2 is 2.00 bits per heavy atom. The maximum Gasteiger partial charge on any atom is 0.210 e. The summed E-state index contributed by atoms with van der Waals surface area (Å²) in [7, 11) is 0. The van der Waals surface area contributed by atoms with Crippen molar-refractivity contribution in [2.24, 2.45) is 0 Å². The summed E-state index contributed by atoms with van der Waals surface area (Å²) in [6.45, 7) is 0.0251. The highest BCUT2D eigenvalue weighted by molar-refractivity contribution is 5.14. The monoisotopic (exact) mass is 150 g/mol. The molecule has 0 heterocycles. The van der Waals surface area contributed by atoms with E-state index < -0.39 is 0 Å². The maximum absolute atomic E-state index is 12.3. The maximum atomic E-state index is 12.3. The van der Waals surface area contributed by atoms with Crippen LogP contribution in [0.25, 0.3) is 0 Å². The molecule has 0 atom stereocenters. The van der Waals surface area contributed by atoms with Crippen LogP contribution in [0.4, 0.5) is 4.48 Å². The third-order valence-corrected chi connectivity index (χ3v) is 1.27. The van der Waals surface area contributed by atoms with E-state index in [1.807, 2.05) is 6.07 Å². The van der Waals surface area contributed by atoms with Crippen LogP contribution in [0.1, 0.15) is 5.56 Å². The molecule has 2 nitrogen and oxygen atoms in total. The van der Waals surface area contributed by atoms with Gasteiger partial charge in [-0.3, -0.25) is 0 Å². The lowest BCUT2D eigenvalue weighted by Crippen LogP contribution is -2.04. The Morgan fingerprint density at radius 1 is 1.36 bits per heavy atom.